The number of nitrogens with zero attached hydrogens (tertiary/aromatic N) is 2. The number of anilines is 1. The highest BCUT2D eigenvalue weighted by Gasteiger charge is 2.06. The SMILES string of the molecule is CC(C)Nc1nccc(C#N)c1Cl. The van der Waals surface area contributed by atoms with E-state index in [-0.39, 0.29) is 6.04 Å². The largest absolute Gasteiger partial charge is 0.367 e. The number of halogens is 1. The highest BCUT2D eigenvalue weighted by atomic mass is 35.5. The lowest BCUT2D eigenvalue weighted by Gasteiger charge is -2.10. The lowest BCUT2D eigenvalue weighted by atomic mass is 10.3. The zero-order valence-electron chi connectivity index (χ0n) is 7.50. The maximum absolute atomic E-state index is 8.69. The minimum absolute atomic E-state index is 0.249. The van der Waals surface area contributed by atoms with Gasteiger partial charge in [0.2, 0.25) is 0 Å². The highest BCUT2D eigenvalue weighted by Crippen LogP contribution is 2.22. The van der Waals surface area contributed by atoms with Crippen molar-refractivity contribution in [2.75, 3.05) is 5.32 Å². The molecule has 1 heterocycles. The number of pyridine rings is 1. The molecule has 0 fully saturated rings. The molecule has 0 saturated carbocycles. The van der Waals surface area contributed by atoms with Gasteiger partial charge in [-0.1, -0.05) is 11.6 Å². The second-order valence-electron chi connectivity index (χ2n) is 2.93. The predicted molar refractivity (Wildman–Crippen MR) is 52.7 cm³/mol. The van der Waals surface area contributed by atoms with Crippen LogP contribution in [-0.4, -0.2) is 11.0 Å². The van der Waals surface area contributed by atoms with Crippen LogP contribution in [0.5, 0.6) is 0 Å². The Hall–Kier alpha value is -1.27. The molecule has 1 N–H and O–H groups in total. The van der Waals surface area contributed by atoms with Crippen molar-refractivity contribution in [1.82, 2.24) is 4.98 Å². The van der Waals surface area contributed by atoms with E-state index in [1.54, 1.807) is 12.3 Å². The summed E-state index contributed by atoms with van der Waals surface area (Å²) in [5, 5.41) is 12.1. The third kappa shape index (κ3) is 2.33. The Labute approximate surface area is 82.4 Å². The summed E-state index contributed by atoms with van der Waals surface area (Å²) in [7, 11) is 0. The minimum atomic E-state index is 0.249. The lowest BCUT2D eigenvalue weighted by Crippen LogP contribution is -2.11. The van der Waals surface area contributed by atoms with Gasteiger partial charge in [0.1, 0.15) is 16.9 Å². The molecule has 0 aliphatic rings. The van der Waals surface area contributed by atoms with Gasteiger partial charge in [0.15, 0.2) is 0 Å². The zero-order valence-corrected chi connectivity index (χ0v) is 8.26. The van der Waals surface area contributed by atoms with Gasteiger partial charge in [-0.05, 0) is 19.9 Å². The zero-order chi connectivity index (χ0) is 9.84. The van der Waals surface area contributed by atoms with Crippen LogP contribution in [0, 0.1) is 11.3 Å². The molecule has 0 aliphatic carbocycles. The quantitative estimate of drug-likeness (QED) is 0.789. The summed E-state index contributed by atoms with van der Waals surface area (Å²) < 4.78 is 0. The summed E-state index contributed by atoms with van der Waals surface area (Å²) in [5.41, 5.74) is 0.444. The average Bonchev–Trinajstić information content (AvgIpc) is 2.08. The van der Waals surface area contributed by atoms with Crippen LogP contribution in [0.3, 0.4) is 0 Å². The molecule has 0 aromatic carbocycles. The Bertz CT molecular complexity index is 341. The summed E-state index contributed by atoms with van der Waals surface area (Å²) in [5.74, 6) is 0.565. The number of rotatable bonds is 2. The van der Waals surface area contributed by atoms with E-state index in [0.29, 0.717) is 16.4 Å². The van der Waals surface area contributed by atoms with Crippen molar-refractivity contribution in [3.63, 3.8) is 0 Å². The fraction of sp³-hybridized carbons (Fsp3) is 0.333. The van der Waals surface area contributed by atoms with Gasteiger partial charge in [0.05, 0.1) is 5.56 Å². The number of hydrogen-bond acceptors (Lipinski definition) is 3. The molecule has 0 saturated heterocycles. The van der Waals surface area contributed by atoms with Gasteiger partial charge in [-0.15, -0.1) is 0 Å². The molecular formula is C9H10ClN3. The van der Waals surface area contributed by atoms with Crippen molar-refractivity contribution in [1.29, 1.82) is 5.26 Å². The van der Waals surface area contributed by atoms with E-state index in [2.05, 4.69) is 10.3 Å². The maximum atomic E-state index is 8.69. The highest BCUT2D eigenvalue weighted by molar-refractivity contribution is 6.34. The fourth-order valence-corrected chi connectivity index (χ4v) is 1.11. The molecule has 0 unspecified atom stereocenters. The fourth-order valence-electron chi connectivity index (χ4n) is 0.904. The molecule has 0 amide bonds. The van der Waals surface area contributed by atoms with Crippen LogP contribution in [0.2, 0.25) is 5.02 Å². The van der Waals surface area contributed by atoms with E-state index in [1.807, 2.05) is 19.9 Å². The van der Waals surface area contributed by atoms with Crippen molar-refractivity contribution >= 4 is 17.4 Å². The Morgan fingerprint density at radius 3 is 2.85 bits per heavy atom. The monoisotopic (exact) mass is 195 g/mol. The molecule has 0 radical (unpaired) electrons. The van der Waals surface area contributed by atoms with Crippen molar-refractivity contribution in [2.45, 2.75) is 19.9 Å². The Balaban J connectivity index is 3.03. The number of aromatic nitrogens is 1. The molecule has 4 heteroatoms. The second kappa shape index (κ2) is 4.11. The molecule has 0 aliphatic heterocycles. The summed E-state index contributed by atoms with van der Waals surface area (Å²) in [6.07, 6.45) is 1.56. The molecule has 13 heavy (non-hydrogen) atoms. The number of nitriles is 1. The van der Waals surface area contributed by atoms with Crippen LogP contribution in [0.1, 0.15) is 19.4 Å². The summed E-state index contributed by atoms with van der Waals surface area (Å²) in [6, 6.07) is 3.84. The Kier molecular flexibility index (Phi) is 3.10. The third-order valence-electron chi connectivity index (χ3n) is 1.44. The molecule has 68 valence electrons. The Morgan fingerprint density at radius 1 is 1.62 bits per heavy atom. The van der Waals surface area contributed by atoms with Crippen LogP contribution in [0.4, 0.5) is 5.82 Å². The van der Waals surface area contributed by atoms with Gasteiger partial charge in [0, 0.05) is 12.2 Å². The molecule has 0 bridgehead atoms. The average molecular weight is 196 g/mol. The first-order chi connectivity index (χ1) is 6.15. The maximum Gasteiger partial charge on any atom is 0.146 e. The summed E-state index contributed by atoms with van der Waals surface area (Å²) in [6.45, 7) is 3.97. The summed E-state index contributed by atoms with van der Waals surface area (Å²) >= 11 is 5.91. The smallest absolute Gasteiger partial charge is 0.146 e. The van der Waals surface area contributed by atoms with E-state index < -0.39 is 0 Å². The standard InChI is InChI=1S/C9H10ClN3/c1-6(2)13-9-8(10)7(5-11)3-4-12-9/h3-4,6H,1-2H3,(H,12,13). The molecular weight excluding hydrogens is 186 g/mol. The number of nitrogens with one attached hydrogen (secondary N) is 1. The van der Waals surface area contributed by atoms with Crippen LogP contribution < -0.4 is 5.32 Å². The summed E-state index contributed by atoms with van der Waals surface area (Å²) in [4.78, 5) is 4.03. The first-order valence-corrected chi connectivity index (χ1v) is 4.34. The van der Waals surface area contributed by atoms with E-state index in [0.717, 1.165) is 0 Å². The normalized spacial score (nSPS) is 9.77. The van der Waals surface area contributed by atoms with Gasteiger partial charge in [0.25, 0.3) is 0 Å². The second-order valence-corrected chi connectivity index (χ2v) is 3.31. The van der Waals surface area contributed by atoms with Gasteiger partial charge < -0.3 is 5.32 Å². The predicted octanol–water partition coefficient (Wildman–Crippen LogP) is 2.43. The topological polar surface area (TPSA) is 48.7 Å². The van der Waals surface area contributed by atoms with E-state index >= 15 is 0 Å². The third-order valence-corrected chi connectivity index (χ3v) is 1.82. The van der Waals surface area contributed by atoms with Gasteiger partial charge in [-0.3, -0.25) is 0 Å². The van der Waals surface area contributed by atoms with Gasteiger partial charge in [-0.2, -0.15) is 5.26 Å². The molecule has 1 aromatic heterocycles. The van der Waals surface area contributed by atoms with Crippen molar-refractivity contribution < 1.29 is 0 Å². The Morgan fingerprint density at radius 2 is 2.31 bits per heavy atom. The van der Waals surface area contributed by atoms with Crippen LogP contribution in [-0.2, 0) is 0 Å². The first kappa shape index (κ1) is 9.82. The van der Waals surface area contributed by atoms with Gasteiger partial charge >= 0.3 is 0 Å². The van der Waals surface area contributed by atoms with Crippen molar-refractivity contribution in [3.05, 3.63) is 22.8 Å². The van der Waals surface area contributed by atoms with Crippen LogP contribution in [0.25, 0.3) is 0 Å². The van der Waals surface area contributed by atoms with Crippen molar-refractivity contribution in [2.24, 2.45) is 0 Å². The molecule has 1 rings (SSSR count). The minimum Gasteiger partial charge on any atom is -0.367 e. The van der Waals surface area contributed by atoms with E-state index in [4.69, 9.17) is 16.9 Å². The number of hydrogen-bond donors (Lipinski definition) is 1. The van der Waals surface area contributed by atoms with Gasteiger partial charge in [-0.25, -0.2) is 4.98 Å². The molecule has 1 aromatic rings. The molecule has 3 nitrogen and oxygen atoms in total. The van der Waals surface area contributed by atoms with Crippen molar-refractivity contribution in [3.8, 4) is 6.07 Å². The van der Waals surface area contributed by atoms with E-state index in [1.165, 1.54) is 0 Å². The lowest BCUT2D eigenvalue weighted by molar-refractivity contribution is 0.889. The van der Waals surface area contributed by atoms with Crippen LogP contribution >= 0.6 is 11.6 Å². The molecule has 0 spiro atoms. The van der Waals surface area contributed by atoms with Crippen LogP contribution in [0.15, 0.2) is 12.3 Å². The first-order valence-electron chi connectivity index (χ1n) is 3.96. The molecule has 0 atom stereocenters. The van der Waals surface area contributed by atoms with E-state index in [9.17, 15) is 0 Å².